The van der Waals surface area contributed by atoms with Gasteiger partial charge in [0.05, 0.1) is 23.6 Å². The van der Waals surface area contributed by atoms with Crippen LogP contribution in [0.3, 0.4) is 0 Å². The molecule has 5 nitrogen and oxygen atoms in total. The molecule has 0 radical (unpaired) electrons. The van der Waals surface area contributed by atoms with Gasteiger partial charge in [-0.1, -0.05) is 12.1 Å². The third kappa shape index (κ3) is 3.53. The Morgan fingerprint density at radius 3 is 2.75 bits per heavy atom. The van der Waals surface area contributed by atoms with E-state index in [9.17, 15) is 8.42 Å². The van der Waals surface area contributed by atoms with Crippen LogP contribution in [0, 0.1) is 11.3 Å². The van der Waals surface area contributed by atoms with Crippen LogP contribution in [0.5, 0.6) is 0 Å². The van der Waals surface area contributed by atoms with Gasteiger partial charge in [0, 0.05) is 7.11 Å². The van der Waals surface area contributed by atoms with Gasteiger partial charge in [-0.3, -0.25) is 4.72 Å². The number of nitriles is 1. The lowest BCUT2D eigenvalue weighted by Crippen LogP contribution is -2.20. The van der Waals surface area contributed by atoms with Crippen LogP contribution < -0.4 is 4.72 Å². The molecular formula is C10H12N2O3S. The molecule has 0 spiro atoms. The van der Waals surface area contributed by atoms with Crippen LogP contribution in [0.1, 0.15) is 5.56 Å². The van der Waals surface area contributed by atoms with Gasteiger partial charge in [-0.25, -0.2) is 8.42 Å². The summed E-state index contributed by atoms with van der Waals surface area (Å²) in [5.41, 5.74) is 0.588. The molecule has 0 aromatic heterocycles. The van der Waals surface area contributed by atoms with Crippen molar-refractivity contribution in [1.29, 1.82) is 5.26 Å². The van der Waals surface area contributed by atoms with Crippen molar-refractivity contribution in [2.45, 2.75) is 0 Å². The first kappa shape index (κ1) is 12.5. The second-order valence-electron chi connectivity index (χ2n) is 3.07. The summed E-state index contributed by atoms with van der Waals surface area (Å²) in [6.07, 6.45) is 0. The maximum absolute atomic E-state index is 11.5. The number of hydrogen-bond acceptors (Lipinski definition) is 4. The normalized spacial score (nSPS) is 10.8. The lowest BCUT2D eigenvalue weighted by atomic mass is 10.2. The van der Waals surface area contributed by atoms with Crippen LogP contribution in [0.15, 0.2) is 24.3 Å². The highest BCUT2D eigenvalue weighted by Crippen LogP contribution is 2.15. The molecule has 0 bridgehead atoms. The molecule has 0 atom stereocenters. The van der Waals surface area contributed by atoms with Gasteiger partial charge in [-0.15, -0.1) is 0 Å². The van der Waals surface area contributed by atoms with Crippen molar-refractivity contribution >= 4 is 15.7 Å². The zero-order chi connectivity index (χ0) is 12.0. The molecule has 6 heteroatoms. The molecule has 16 heavy (non-hydrogen) atoms. The highest BCUT2D eigenvalue weighted by Gasteiger charge is 2.11. The van der Waals surface area contributed by atoms with Gasteiger partial charge in [0.1, 0.15) is 6.07 Å². The summed E-state index contributed by atoms with van der Waals surface area (Å²) in [5, 5.41) is 8.78. The average molecular weight is 240 g/mol. The average Bonchev–Trinajstić information content (AvgIpc) is 2.27. The summed E-state index contributed by atoms with van der Waals surface area (Å²) >= 11 is 0. The Morgan fingerprint density at radius 2 is 2.12 bits per heavy atom. The molecule has 86 valence electrons. The molecule has 0 saturated heterocycles. The summed E-state index contributed by atoms with van der Waals surface area (Å²) < 4.78 is 30.1. The number of anilines is 1. The third-order valence-corrected chi connectivity index (χ3v) is 3.10. The number of rotatable bonds is 5. The van der Waals surface area contributed by atoms with Crippen LogP contribution in [-0.4, -0.2) is 27.9 Å². The molecule has 1 rings (SSSR count). The predicted molar refractivity (Wildman–Crippen MR) is 60.4 cm³/mol. The van der Waals surface area contributed by atoms with E-state index in [-0.39, 0.29) is 12.4 Å². The zero-order valence-electron chi connectivity index (χ0n) is 8.80. The monoisotopic (exact) mass is 240 g/mol. The molecular weight excluding hydrogens is 228 g/mol. The largest absolute Gasteiger partial charge is 0.384 e. The highest BCUT2D eigenvalue weighted by atomic mass is 32.2. The number of ether oxygens (including phenoxy) is 1. The summed E-state index contributed by atoms with van der Waals surface area (Å²) in [6.45, 7) is 0.115. The van der Waals surface area contributed by atoms with E-state index in [0.29, 0.717) is 11.3 Å². The van der Waals surface area contributed by atoms with Crippen LogP contribution in [0.4, 0.5) is 5.69 Å². The SMILES string of the molecule is COCCS(=O)(=O)Nc1ccccc1C#N. The topological polar surface area (TPSA) is 79.2 Å². The number of nitrogens with zero attached hydrogens (tertiary/aromatic N) is 1. The molecule has 1 N–H and O–H groups in total. The van der Waals surface area contributed by atoms with E-state index in [0.717, 1.165) is 0 Å². The van der Waals surface area contributed by atoms with E-state index in [1.807, 2.05) is 6.07 Å². The van der Waals surface area contributed by atoms with Gasteiger partial charge in [0.25, 0.3) is 0 Å². The van der Waals surface area contributed by atoms with Crippen molar-refractivity contribution in [2.75, 3.05) is 24.2 Å². The van der Waals surface area contributed by atoms with Crippen molar-refractivity contribution in [3.05, 3.63) is 29.8 Å². The number of nitrogens with one attached hydrogen (secondary N) is 1. The molecule has 0 aliphatic carbocycles. The molecule has 0 aliphatic heterocycles. The standard InChI is InChI=1S/C10H12N2O3S/c1-15-6-7-16(13,14)12-10-5-3-2-4-9(10)8-11/h2-5,12H,6-7H2,1H3. The molecule has 0 fully saturated rings. The van der Waals surface area contributed by atoms with Crippen molar-refractivity contribution in [1.82, 2.24) is 0 Å². The van der Waals surface area contributed by atoms with Crippen LogP contribution in [0.25, 0.3) is 0 Å². The Hall–Kier alpha value is -1.58. The Kier molecular flexibility index (Phi) is 4.28. The minimum Gasteiger partial charge on any atom is -0.384 e. The number of benzene rings is 1. The number of methoxy groups -OCH3 is 1. The second kappa shape index (κ2) is 5.49. The Balaban J connectivity index is 2.85. The lowest BCUT2D eigenvalue weighted by Gasteiger charge is -2.08. The first-order chi connectivity index (χ1) is 7.59. The molecule has 1 aromatic rings. The van der Waals surface area contributed by atoms with E-state index in [4.69, 9.17) is 5.26 Å². The molecule has 1 aromatic carbocycles. The van der Waals surface area contributed by atoms with E-state index in [1.54, 1.807) is 24.3 Å². The molecule has 0 unspecified atom stereocenters. The summed E-state index contributed by atoms with van der Waals surface area (Å²) in [6, 6.07) is 8.34. The molecule has 0 heterocycles. The van der Waals surface area contributed by atoms with Gasteiger partial charge in [0.2, 0.25) is 10.0 Å². The minimum atomic E-state index is -3.46. The quantitative estimate of drug-likeness (QED) is 0.830. The third-order valence-electron chi connectivity index (χ3n) is 1.87. The molecule has 0 saturated carbocycles. The van der Waals surface area contributed by atoms with Crippen molar-refractivity contribution in [3.8, 4) is 6.07 Å². The summed E-state index contributed by atoms with van der Waals surface area (Å²) in [4.78, 5) is 0. The fraction of sp³-hybridized carbons (Fsp3) is 0.300. The van der Waals surface area contributed by atoms with Gasteiger partial charge < -0.3 is 4.74 Å². The van der Waals surface area contributed by atoms with Gasteiger partial charge in [-0.2, -0.15) is 5.26 Å². The maximum Gasteiger partial charge on any atom is 0.235 e. The van der Waals surface area contributed by atoms with Crippen LogP contribution in [-0.2, 0) is 14.8 Å². The van der Waals surface area contributed by atoms with Crippen molar-refractivity contribution in [3.63, 3.8) is 0 Å². The van der Waals surface area contributed by atoms with E-state index in [1.165, 1.54) is 7.11 Å². The van der Waals surface area contributed by atoms with Crippen molar-refractivity contribution in [2.24, 2.45) is 0 Å². The predicted octanol–water partition coefficient (Wildman–Crippen LogP) is 0.946. The molecule has 0 aliphatic rings. The number of sulfonamides is 1. The highest BCUT2D eigenvalue weighted by molar-refractivity contribution is 7.92. The Morgan fingerprint density at radius 1 is 1.44 bits per heavy atom. The van der Waals surface area contributed by atoms with Crippen LogP contribution >= 0.6 is 0 Å². The lowest BCUT2D eigenvalue weighted by molar-refractivity contribution is 0.217. The second-order valence-corrected chi connectivity index (χ2v) is 4.91. The van der Waals surface area contributed by atoms with E-state index >= 15 is 0 Å². The first-order valence-corrected chi connectivity index (χ1v) is 6.23. The summed E-state index contributed by atoms with van der Waals surface area (Å²) in [7, 11) is -2.03. The Labute approximate surface area is 94.7 Å². The fourth-order valence-corrected chi connectivity index (χ4v) is 2.08. The van der Waals surface area contributed by atoms with Crippen LogP contribution in [0.2, 0.25) is 0 Å². The molecule has 0 amide bonds. The maximum atomic E-state index is 11.5. The minimum absolute atomic E-state index is 0.115. The van der Waals surface area contributed by atoms with E-state index in [2.05, 4.69) is 9.46 Å². The zero-order valence-corrected chi connectivity index (χ0v) is 9.62. The van der Waals surface area contributed by atoms with Gasteiger partial charge >= 0.3 is 0 Å². The Bertz CT molecular complexity index is 491. The summed E-state index contributed by atoms with van der Waals surface area (Å²) in [5.74, 6) is -0.136. The van der Waals surface area contributed by atoms with E-state index < -0.39 is 10.0 Å². The fourth-order valence-electron chi connectivity index (χ4n) is 1.08. The smallest absolute Gasteiger partial charge is 0.235 e. The van der Waals surface area contributed by atoms with Gasteiger partial charge in [-0.05, 0) is 12.1 Å². The number of para-hydroxylation sites is 1. The number of hydrogen-bond donors (Lipinski definition) is 1. The van der Waals surface area contributed by atoms with Crippen molar-refractivity contribution < 1.29 is 13.2 Å². The first-order valence-electron chi connectivity index (χ1n) is 4.57. The van der Waals surface area contributed by atoms with Gasteiger partial charge in [0.15, 0.2) is 0 Å².